The first-order valence-electron chi connectivity index (χ1n) is 12.0. The van der Waals surface area contributed by atoms with Crippen LogP contribution in [0.2, 0.25) is 0 Å². The van der Waals surface area contributed by atoms with E-state index < -0.39 is 0 Å². The average Bonchev–Trinajstić information content (AvgIpc) is 3.58. The van der Waals surface area contributed by atoms with Gasteiger partial charge in [-0.1, -0.05) is 24.3 Å². The van der Waals surface area contributed by atoms with Crippen molar-refractivity contribution in [2.24, 2.45) is 0 Å². The second kappa shape index (κ2) is 10.5. The number of fused-ring (bicyclic) bond motifs is 2. The Hall–Kier alpha value is -4.76. The van der Waals surface area contributed by atoms with Gasteiger partial charge in [-0.2, -0.15) is 9.59 Å². The van der Waals surface area contributed by atoms with Crippen molar-refractivity contribution in [1.29, 1.82) is 0 Å². The maximum atomic E-state index is 5.77. The van der Waals surface area contributed by atoms with E-state index in [9.17, 15) is 0 Å². The first-order chi connectivity index (χ1) is 18.3. The molecule has 0 amide bonds. The Morgan fingerprint density at radius 3 is 1.14 bits per heavy atom. The lowest BCUT2D eigenvalue weighted by Gasteiger charge is -2.09. The van der Waals surface area contributed by atoms with Crippen molar-refractivity contribution in [3.63, 3.8) is 0 Å². The molecule has 0 aliphatic rings. The highest BCUT2D eigenvalue weighted by atomic mass is 16.5. The molecule has 37 heavy (non-hydrogen) atoms. The molecule has 0 fully saturated rings. The summed E-state index contributed by atoms with van der Waals surface area (Å²) < 4.78 is 17.2. The minimum Gasteiger partial charge on any atom is -0.491 e. The SMILES string of the molecule is c1ccc2nn(-c3ccc(OCCOCCOc4ccc(-n5nc6ccccc6n5)cc4)cc3)nc2c1. The van der Waals surface area contributed by atoms with Crippen LogP contribution in [0.25, 0.3) is 33.4 Å². The van der Waals surface area contributed by atoms with Crippen LogP contribution < -0.4 is 9.47 Å². The quantitative estimate of drug-likeness (QED) is 0.258. The summed E-state index contributed by atoms with van der Waals surface area (Å²) >= 11 is 0. The number of aromatic nitrogens is 6. The van der Waals surface area contributed by atoms with Gasteiger partial charge in [-0.25, -0.2) is 0 Å². The molecule has 2 aromatic heterocycles. The van der Waals surface area contributed by atoms with Gasteiger partial charge in [0, 0.05) is 0 Å². The van der Waals surface area contributed by atoms with E-state index in [1.54, 1.807) is 9.59 Å². The van der Waals surface area contributed by atoms with Crippen molar-refractivity contribution in [2.45, 2.75) is 0 Å². The molecule has 6 rings (SSSR count). The predicted molar refractivity (Wildman–Crippen MR) is 140 cm³/mol. The fourth-order valence-electron chi connectivity index (χ4n) is 3.84. The van der Waals surface area contributed by atoms with Crippen molar-refractivity contribution < 1.29 is 14.2 Å². The van der Waals surface area contributed by atoms with Crippen LogP contribution in [-0.4, -0.2) is 56.4 Å². The molecule has 0 saturated carbocycles. The molecule has 0 bridgehead atoms. The van der Waals surface area contributed by atoms with Crippen molar-refractivity contribution in [2.75, 3.05) is 26.4 Å². The molecule has 0 spiro atoms. The normalized spacial score (nSPS) is 11.2. The third-order valence-electron chi connectivity index (χ3n) is 5.70. The van der Waals surface area contributed by atoms with E-state index in [1.165, 1.54) is 0 Å². The molecule has 9 nitrogen and oxygen atoms in total. The van der Waals surface area contributed by atoms with E-state index >= 15 is 0 Å². The van der Waals surface area contributed by atoms with Crippen molar-refractivity contribution in [1.82, 2.24) is 30.0 Å². The van der Waals surface area contributed by atoms with E-state index in [-0.39, 0.29) is 0 Å². The topological polar surface area (TPSA) is 89.1 Å². The highest BCUT2D eigenvalue weighted by Gasteiger charge is 2.05. The third-order valence-corrected chi connectivity index (χ3v) is 5.70. The number of ether oxygens (including phenoxy) is 3. The number of rotatable bonds is 10. The van der Waals surface area contributed by atoms with Crippen molar-refractivity contribution >= 4 is 22.1 Å². The molecular formula is C28H24N6O3. The van der Waals surface area contributed by atoms with Gasteiger partial charge in [-0.15, -0.1) is 20.4 Å². The number of nitrogens with zero attached hydrogens (tertiary/aromatic N) is 6. The van der Waals surface area contributed by atoms with Gasteiger partial charge in [0.15, 0.2) is 0 Å². The lowest BCUT2D eigenvalue weighted by atomic mass is 10.3. The first kappa shape index (κ1) is 22.7. The predicted octanol–water partition coefficient (Wildman–Crippen LogP) is 4.63. The van der Waals surface area contributed by atoms with Gasteiger partial charge in [0.25, 0.3) is 0 Å². The van der Waals surface area contributed by atoms with Crippen molar-refractivity contribution in [3.8, 4) is 22.9 Å². The molecule has 0 radical (unpaired) electrons. The minimum atomic E-state index is 0.448. The average molecular weight is 493 g/mol. The fraction of sp³-hybridized carbons (Fsp3) is 0.143. The Balaban J connectivity index is 0.907. The first-order valence-corrected chi connectivity index (χ1v) is 12.0. The third kappa shape index (κ3) is 5.26. The van der Waals surface area contributed by atoms with Gasteiger partial charge in [0.1, 0.15) is 46.8 Å². The van der Waals surface area contributed by atoms with Crippen LogP contribution in [0.1, 0.15) is 0 Å². The minimum absolute atomic E-state index is 0.448. The molecule has 0 atom stereocenters. The largest absolute Gasteiger partial charge is 0.491 e. The second-order valence-electron chi connectivity index (χ2n) is 8.25. The highest BCUT2D eigenvalue weighted by molar-refractivity contribution is 5.74. The van der Waals surface area contributed by atoms with Crippen LogP contribution in [-0.2, 0) is 4.74 Å². The molecule has 0 N–H and O–H groups in total. The number of benzene rings is 4. The summed E-state index contributed by atoms with van der Waals surface area (Å²) in [5, 5.41) is 18.0. The molecule has 6 aromatic rings. The molecule has 0 aliphatic carbocycles. The molecule has 2 heterocycles. The molecular weight excluding hydrogens is 468 g/mol. The standard InChI is InChI=1S/C28H24N6O3/c1-2-6-26-25(5-1)29-33(30-26)21-9-13-23(14-10-21)36-19-17-35-18-20-37-24-15-11-22(12-16-24)34-31-27-7-3-4-8-28(27)32-34/h1-16H,17-20H2. The Morgan fingerprint density at radius 2 is 0.784 bits per heavy atom. The van der Waals surface area contributed by atoms with Gasteiger partial charge < -0.3 is 14.2 Å². The van der Waals surface area contributed by atoms with E-state index in [0.29, 0.717) is 26.4 Å². The summed E-state index contributed by atoms with van der Waals surface area (Å²) in [5.74, 6) is 1.53. The summed E-state index contributed by atoms with van der Waals surface area (Å²) in [5.41, 5.74) is 5.20. The zero-order valence-electron chi connectivity index (χ0n) is 20.0. The van der Waals surface area contributed by atoms with Gasteiger partial charge in [0.05, 0.1) is 24.6 Å². The van der Waals surface area contributed by atoms with Crippen molar-refractivity contribution in [3.05, 3.63) is 97.1 Å². The van der Waals surface area contributed by atoms with E-state index in [0.717, 1.165) is 44.9 Å². The van der Waals surface area contributed by atoms with Gasteiger partial charge in [0.2, 0.25) is 0 Å². The number of hydrogen-bond acceptors (Lipinski definition) is 7. The fourth-order valence-corrected chi connectivity index (χ4v) is 3.84. The van der Waals surface area contributed by atoms with Gasteiger partial charge in [-0.05, 0) is 72.8 Å². The zero-order chi connectivity index (χ0) is 24.9. The van der Waals surface area contributed by atoms with E-state index in [2.05, 4.69) is 20.4 Å². The maximum Gasteiger partial charge on any atom is 0.119 e. The molecule has 4 aromatic carbocycles. The van der Waals surface area contributed by atoms with Crippen LogP contribution >= 0.6 is 0 Å². The molecule has 9 heteroatoms. The summed E-state index contributed by atoms with van der Waals surface area (Å²) in [7, 11) is 0. The monoisotopic (exact) mass is 492 g/mol. The molecule has 0 saturated heterocycles. The van der Waals surface area contributed by atoms with Gasteiger partial charge in [-0.3, -0.25) is 0 Å². The summed E-state index contributed by atoms with van der Waals surface area (Å²) in [6, 6.07) is 30.9. The lowest BCUT2D eigenvalue weighted by Crippen LogP contribution is -2.12. The Labute approximate surface area is 212 Å². The zero-order valence-corrected chi connectivity index (χ0v) is 20.0. The van der Waals surface area contributed by atoms with Gasteiger partial charge >= 0.3 is 0 Å². The van der Waals surface area contributed by atoms with E-state index in [4.69, 9.17) is 14.2 Å². The Bertz CT molecular complexity index is 1420. The smallest absolute Gasteiger partial charge is 0.119 e. The highest BCUT2D eigenvalue weighted by Crippen LogP contribution is 2.18. The Kier molecular flexibility index (Phi) is 6.42. The van der Waals surface area contributed by atoms with E-state index in [1.807, 2.05) is 97.1 Å². The lowest BCUT2D eigenvalue weighted by molar-refractivity contribution is 0.0764. The summed E-state index contributed by atoms with van der Waals surface area (Å²) in [6.45, 7) is 1.83. The summed E-state index contributed by atoms with van der Waals surface area (Å²) in [4.78, 5) is 3.25. The second-order valence-corrected chi connectivity index (χ2v) is 8.25. The number of hydrogen-bond donors (Lipinski definition) is 0. The molecule has 184 valence electrons. The van der Waals surface area contributed by atoms with Crippen LogP contribution in [0, 0.1) is 0 Å². The maximum absolute atomic E-state index is 5.77. The molecule has 0 unspecified atom stereocenters. The van der Waals surface area contributed by atoms with Crippen LogP contribution in [0.5, 0.6) is 11.5 Å². The van der Waals surface area contributed by atoms with Crippen LogP contribution in [0.4, 0.5) is 0 Å². The summed E-state index contributed by atoms with van der Waals surface area (Å²) in [6.07, 6.45) is 0. The molecule has 0 aliphatic heterocycles. The Morgan fingerprint density at radius 1 is 0.432 bits per heavy atom. The van der Waals surface area contributed by atoms with Crippen LogP contribution in [0.15, 0.2) is 97.1 Å². The van der Waals surface area contributed by atoms with Crippen LogP contribution in [0.3, 0.4) is 0 Å².